The predicted molar refractivity (Wildman–Crippen MR) is 101 cm³/mol. The first kappa shape index (κ1) is 19.2. The fourth-order valence-electron chi connectivity index (χ4n) is 3.17. The lowest BCUT2D eigenvalue weighted by Gasteiger charge is -2.24. The molecule has 0 saturated heterocycles. The zero-order valence-electron chi connectivity index (χ0n) is 16.0. The Morgan fingerprint density at radius 2 is 1.89 bits per heavy atom. The SMILES string of the molecule is CC(C)(C)OC(=O)N[C@H](C(=O)N[C@H]1CCc2ccccc2NC1=O)C1CC1. The highest BCUT2D eigenvalue weighted by Gasteiger charge is 2.39. The van der Waals surface area contributed by atoms with Crippen LogP contribution in [0, 0.1) is 5.92 Å². The number of carbonyl (C=O) groups excluding carboxylic acids is 3. The van der Waals surface area contributed by atoms with Crippen LogP contribution in [0.3, 0.4) is 0 Å². The molecule has 0 unspecified atom stereocenters. The number of alkyl carbamates (subject to hydrolysis) is 1. The highest BCUT2D eigenvalue weighted by atomic mass is 16.6. The molecule has 1 aliphatic carbocycles. The lowest BCUT2D eigenvalue weighted by Crippen LogP contribution is -2.54. The van der Waals surface area contributed by atoms with Crippen molar-refractivity contribution >= 4 is 23.6 Å². The number of anilines is 1. The Labute approximate surface area is 159 Å². The molecule has 27 heavy (non-hydrogen) atoms. The molecule has 3 amide bonds. The molecule has 2 atom stereocenters. The van der Waals surface area contributed by atoms with E-state index >= 15 is 0 Å². The number of rotatable bonds is 4. The lowest BCUT2D eigenvalue weighted by atomic mass is 10.1. The standard InChI is InChI=1S/C20H27N3O4/c1-20(2,3)27-19(26)23-16(13-8-9-13)18(25)22-15-11-10-12-6-4-5-7-14(12)21-17(15)24/h4-7,13,15-16H,8-11H2,1-3H3,(H,21,24)(H,22,25)(H,23,26)/t15-,16-/m0/s1. The van der Waals surface area contributed by atoms with E-state index in [0.717, 1.165) is 24.1 Å². The van der Waals surface area contributed by atoms with Gasteiger partial charge in [-0.3, -0.25) is 9.59 Å². The largest absolute Gasteiger partial charge is 0.444 e. The molecule has 1 aliphatic heterocycles. The maximum absolute atomic E-state index is 12.8. The molecule has 0 bridgehead atoms. The fourth-order valence-corrected chi connectivity index (χ4v) is 3.17. The van der Waals surface area contributed by atoms with E-state index in [-0.39, 0.29) is 17.7 Å². The minimum Gasteiger partial charge on any atom is -0.444 e. The molecule has 0 spiro atoms. The van der Waals surface area contributed by atoms with Crippen molar-refractivity contribution in [1.82, 2.24) is 10.6 Å². The summed E-state index contributed by atoms with van der Waals surface area (Å²) in [6.45, 7) is 5.31. The Balaban J connectivity index is 1.62. The van der Waals surface area contributed by atoms with Crippen molar-refractivity contribution in [2.24, 2.45) is 5.92 Å². The monoisotopic (exact) mass is 373 g/mol. The Kier molecular flexibility index (Phi) is 5.39. The maximum atomic E-state index is 12.8. The van der Waals surface area contributed by atoms with Gasteiger partial charge in [0.1, 0.15) is 17.7 Å². The number of hydrogen-bond donors (Lipinski definition) is 3. The molecule has 2 aliphatic rings. The van der Waals surface area contributed by atoms with Gasteiger partial charge in [-0.05, 0) is 64.0 Å². The van der Waals surface area contributed by atoms with Gasteiger partial charge in [0, 0.05) is 5.69 Å². The zero-order chi connectivity index (χ0) is 19.6. The Morgan fingerprint density at radius 1 is 1.19 bits per heavy atom. The topological polar surface area (TPSA) is 96.5 Å². The van der Waals surface area contributed by atoms with Crippen molar-refractivity contribution < 1.29 is 19.1 Å². The van der Waals surface area contributed by atoms with Crippen LogP contribution in [0.2, 0.25) is 0 Å². The predicted octanol–water partition coefficient (Wildman–Crippen LogP) is 2.36. The van der Waals surface area contributed by atoms with Gasteiger partial charge in [-0.25, -0.2) is 4.79 Å². The van der Waals surface area contributed by atoms with Crippen molar-refractivity contribution in [3.63, 3.8) is 0 Å². The van der Waals surface area contributed by atoms with Crippen molar-refractivity contribution in [3.8, 4) is 0 Å². The van der Waals surface area contributed by atoms with Gasteiger partial charge < -0.3 is 20.7 Å². The Morgan fingerprint density at radius 3 is 2.56 bits per heavy atom. The fraction of sp³-hybridized carbons (Fsp3) is 0.550. The summed E-state index contributed by atoms with van der Waals surface area (Å²) >= 11 is 0. The molecule has 7 heteroatoms. The maximum Gasteiger partial charge on any atom is 0.408 e. The highest BCUT2D eigenvalue weighted by molar-refractivity contribution is 5.99. The third kappa shape index (κ3) is 5.21. The first-order chi connectivity index (χ1) is 12.7. The average molecular weight is 373 g/mol. The number of fused-ring (bicyclic) bond motifs is 1. The number of benzene rings is 1. The van der Waals surface area contributed by atoms with E-state index in [4.69, 9.17) is 4.74 Å². The summed E-state index contributed by atoms with van der Waals surface area (Å²) in [5.41, 5.74) is 1.19. The minimum absolute atomic E-state index is 0.0866. The molecule has 146 valence electrons. The van der Waals surface area contributed by atoms with E-state index < -0.39 is 23.8 Å². The average Bonchev–Trinajstić information content (AvgIpc) is 3.40. The highest BCUT2D eigenvalue weighted by Crippen LogP contribution is 2.33. The molecule has 1 heterocycles. The van der Waals surface area contributed by atoms with Crippen LogP contribution in [0.1, 0.15) is 45.6 Å². The van der Waals surface area contributed by atoms with Crippen LogP contribution in [-0.4, -0.2) is 35.6 Å². The van der Waals surface area contributed by atoms with E-state index in [0.29, 0.717) is 12.8 Å². The third-order valence-electron chi connectivity index (χ3n) is 4.66. The second-order valence-electron chi connectivity index (χ2n) is 8.21. The Hall–Kier alpha value is -2.57. The summed E-state index contributed by atoms with van der Waals surface area (Å²) in [6, 6.07) is 6.31. The van der Waals surface area contributed by atoms with E-state index in [1.165, 1.54) is 0 Å². The van der Waals surface area contributed by atoms with Gasteiger partial charge in [0.25, 0.3) is 0 Å². The lowest BCUT2D eigenvalue weighted by molar-refractivity contribution is -0.128. The quantitative estimate of drug-likeness (QED) is 0.755. The zero-order valence-corrected chi connectivity index (χ0v) is 16.0. The van der Waals surface area contributed by atoms with Crippen molar-refractivity contribution in [2.45, 2.75) is 64.1 Å². The molecule has 1 fully saturated rings. The van der Waals surface area contributed by atoms with Gasteiger partial charge in [0.2, 0.25) is 11.8 Å². The van der Waals surface area contributed by atoms with Crippen LogP contribution in [-0.2, 0) is 20.7 Å². The van der Waals surface area contributed by atoms with Crippen molar-refractivity contribution in [1.29, 1.82) is 0 Å². The molecule has 0 aromatic heterocycles. The minimum atomic E-state index is -0.682. The van der Waals surface area contributed by atoms with Crippen LogP contribution in [0.15, 0.2) is 24.3 Å². The molecule has 1 saturated carbocycles. The van der Waals surface area contributed by atoms with Gasteiger partial charge in [-0.2, -0.15) is 0 Å². The number of nitrogens with one attached hydrogen (secondary N) is 3. The Bertz CT molecular complexity index is 737. The summed E-state index contributed by atoms with van der Waals surface area (Å²) < 4.78 is 5.26. The number of para-hydroxylation sites is 1. The molecular weight excluding hydrogens is 346 g/mol. The molecule has 1 aromatic carbocycles. The molecule has 7 nitrogen and oxygen atoms in total. The molecule has 3 rings (SSSR count). The normalized spacial score (nSPS) is 20.6. The summed E-state index contributed by atoms with van der Waals surface area (Å²) in [6.07, 6.45) is 2.32. The van der Waals surface area contributed by atoms with Crippen LogP contribution >= 0.6 is 0 Å². The van der Waals surface area contributed by atoms with Crippen molar-refractivity contribution in [3.05, 3.63) is 29.8 Å². The number of hydrogen-bond acceptors (Lipinski definition) is 4. The third-order valence-corrected chi connectivity index (χ3v) is 4.66. The van der Waals surface area contributed by atoms with Crippen LogP contribution in [0.25, 0.3) is 0 Å². The summed E-state index contributed by atoms with van der Waals surface area (Å²) in [5, 5.41) is 8.35. The smallest absolute Gasteiger partial charge is 0.408 e. The van der Waals surface area contributed by atoms with E-state index in [2.05, 4.69) is 16.0 Å². The van der Waals surface area contributed by atoms with E-state index in [1.807, 2.05) is 24.3 Å². The molecule has 1 aromatic rings. The van der Waals surface area contributed by atoms with Crippen LogP contribution in [0.4, 0.5) is 10.5 Å². The summed E-state index contributed by atoms with van der Waals surface area (Å²) in [7, 11) is 0. The first-order valence-corrected chi connectivity index (χ1v) is 9.41. The molecular formula is C20H27N3O4. The second-order valence-corrected chi connectivity index (χ2v) is 8.21. The van der Waals surface area contributed by atoms with Gasteiger partial charge >= 0.3 is 6.09 Å². The van der Waals surface area contributed by atoms with Gasteiger partial charge in [0.15, 0.2) is 0 Å². The molecule has 3 N–H and O–H groups in total. The van der Waals surface area contributed by atoms with Gasteiger partial charge in [-0.1, -0.05) is 18.2 Å². The summed E-state index contributed by atoms with van der Waals surface area (Å²) in [5.74, 6) is -0.488. The van der Waals surface area contributed by atoms with E-state index in [9.17, 15) is 14.4 Å². The van der Waals surface area contributed by atoms with Gasteiger partial charge in [-0.15, -0.1) is 0 Å². The summed E-state index contributed by atoms with van der Waals surface area (Å²) in [4.78, 5) is 37.3. The van der Waals surface area contributed by atoms with Gasteiger partial charge in [0.05, 0.1) is 0 Å². The van der Waals surface area contributed by atoms with Crippen LogP contribution in [0.5, 0.6) is 0 Å². The first-order valence-electron chi connectivity index (χ1n) is 9.41. The molecule has 0 radical (unpaired) electrons. The number of aryl methyl sites for hydroxylation is 1. The number of ether oxygens (including phenoxy) is 1. The number of amides is 3. The number of carbonyl (C=O) groups is 3. The second kappa shape index (κ2) is 7.58. The van der Waals surface area contributed by atoms with Crippen LogP contribution < -0.4 is 16.0 Å². The van der Waals surface area contributed by atoms with Crippen molar-refractivity contribution in [2.75, 3.05) is 5.32 Å². The van der Waals surface area contributed by atoms with E-state index in [1.54, 1.807) is 20.8 Å².